The summed E-state index contributed by atoms with van der Waals surface area (Å²) >= 11 is 0. The number of nitrogens with zero attached hydrogens (tertiary/aromatic N) is 1. The van der Waals surface area contributed by atoms with Gasteiger partial charge in [0.15, 0.2) is 11.5 Å². The van der Waals surface area contributed by atoms with Crippen LogP contribution in [0.1, 0.15) is 23.2 Å². The third kappa shape index (κ3) is 4.92. The van der Waals surface area contributed by atoms with Crippen molar-refractivity contribution in [2.75, 3.05) is 33.4 Å². The smallest absolute Gasteiger partial charge is 0.254 e. The summed E-state index contributed by atoms with van der Waals surface area (Å²) in [6.07, 6.45) is 1.57. The molecule has 3 rings (SSSR count). The number of hydrogen-bond donors (Lipinski definition) is 1. The van der Waals surface area contributed by atoms with E-state index in [1.54, 1.807) is 25.3 Å². The molecular weight excluding hydrogens is 344 g/mol. The van der Waals surface area contributed by atoms with Gasteiger partial charge in [0, 0.05) is 18.5 Å². The maximum absolute atomic E-state index is 12.9. The number of ether oxygens (including phenoxy) is 3. The fraction of sp³-hybridized carbons (Fsp3) is 0.381. The average molecular weight is 370 g/mol. The van der Waals surface area contributed by atoms with Crippen LogP contribution in [0.25, 0.3) is 0 Å². The summed E-state index contributed by atoms with van der Waals surface area (Å²) in [5, 5.41) is 0. The van der Waals surface area contributed by atoms with E-state index in [1.807, 2.05) is 35.2 Å². The molecule has 1 amide bonds. The van der Waals surface area contributed by atoms with Crippen molar-refractivity contribution in [3.63, 3.8) is 0 Å². The molecule has 0 saturated carbocycles. The van der Waals surface area contributed by atoms with Crippen molar-refractivity contribution in [3.05, 3.63) is 54.1 Å². The van der Waals surface area contributed by atoms with E-state index in [-0.39, 0.29) is 12.0 Å². The van der Waals surface area contributed by atoms with Crippen molar-refractivity contribution in [3.8, 4) is 17.2 Å². The molecule has 6 heteroatoms. The van der Waals surface area contributed by atoms with E-state index in [0.29, 0.717) is 43.3 Å². The second kappa shape index (κ2) is 9.28. The largest absolute Gasteiger partial charge is 0.493 e. The summed E-state index contributed by atoms with van der Waals surface area (Å²) in [5.41, 5.74) is 6.09. The number of rotatable bonds is 8. The minimum Gasteiger partial charge on any atom is -0.493 e. The van der Waals surface area contributed by atoms with Gasteiger partial charge in [-0.1, -0.05) is 18.2 Å². The Balaban J connectivity index is 1.64. The van der Waals surface area contributed by atoms with Crippen molar-refractivity contribution in [1.82, 2.24) is 4.90 Å². The molecule has 144 valence electrons. The molecule has 1 fully saturated rings. The topological polar surface area (TPSA) is 74.0 Å². The number of para-hydroxylation sites is 1. The Morgan fingerprint density at radius 1 is 1.19 bits per heavy atom. The third-order valence-electron chi connectivity index (χ3n) is 4.49. The molecular formula is C21H26N2O4. The van der Waals surface area contributed by atoms with Gasteiger partial charge < -0.3 is 24.8 Å². The second-order valence-electron chi connectivity index (χ2n) is 6.45. The van der Waals surface area contributed by atoms with Gasteiger partial charge >= 0.3 is 0 Å². The predicted octanol–water partition coefficient (Wildman–Crippen LogP) is 2.72. The van der Waals surface area contributed by atoms with Crippen molar-refractivity contribution in [2.24, 2.45) is 5.73 Å². The highest BCUT2D eigenvalue weighted by atomic mass is 16.5. The Kier molecular flexibility index (Phi) is 6.54. The van der Waals surface area contributed by atoms with Gasteiger partial charge in [0.05, 0.1) is 20.3 Å². The van der Waals surface area contributed by atoms with Crippen LogP contribution < -0.4 is 19.9 Å². The zero-order chi connectivity index (χ0) is 19.1. The van der Waals surface area contributed by atoms with E-state index in [9.17, 15) is 4.79 Å². The van der Waals surface area contributed by atoms with Gasteiger partial charge in [0.1, 0.15) is 11.9 Å². The second-order valence-corrected chi connectivity index (χ2v) is 6.45. The first-order valence-electron chi connectivity index (χ1n) is 9.23. The van der Waals surface area contributed by atoms with Crippen molar-refractivity contribution in [1.29, 1.82) is 0 Å². The van der Waals surface area contributed by atoms with Crippen molar-refractivity contribution >= 4 is 5.91 Å². The lowest BCUT2D eigenvalue weighted by molar-refractivity contribution is 0.0772. The fourth-order valence-corrected chi connectivity index (χ4v) is 3.07. The zero-order valence-corrected chi connectivity index (χ0v) is 15.6. The standard InChI is InChI=1S/C21H26N2O4/c1-25-19-9-8-16(14-20(19)26-13-5-11-22)21(24)23-12-10-18(15-23)27-17-6-3-2-4-7-17/h2-4,6-9,14,18H,5,10-13,15,22H2,1H3/t18-/m0/s1. The molecule has 0 bridgehead atoms. The molecule has 1 aliphatic heterocycles. The zero-order valence-electron chi connectivity index (χ0n) is 15.6. The van der Waals surface area contributed by atoms with Gasteiger partial charge in [0.25, 0.3) is 5.91 Å². The van der Waals surface area contributed by atoms with Crippen LogP contribution in [0.2, 0.25) is 0 Å². The summed E-state index contributed by atoms with van der Waals surface area (Å²) in [4.78, 5) is 14.7. The Hall–Kier alpha value is -2.73. The van der Waals surface area contributed by atoms with Crippen LogP contribution in [0.5, 0.6) is 17.2 Å². The fourth-order valence-electron chi connectivity index (χ4n) is 3.07. The Morgan fingerprint density at radius 3 is 2.74 bits per heavy atom. The monoisotopic (exact) mass is 370 g/mol. The molecule has 0 aromatic heterocycles. The van der Waals surface area contributed by atoms with Crippen molar-refractivity contribution in [2.45, 2.75) is 18.9 Å². The lowest BCUT2D eigenvalue weighted by Crippen LogP contribution is -2.31. The van der Waals surface area contributed by atoms with E-state index in [0.717, 1.165) is 18.6 Å². The summed E-state index contributed by atoms with van der Waals surface area (Å²) in [6.45, 7) is 2.29. The predicted molar refractivity (Wildman–Crippen MR) is 104 cm³/mol. The summed E-state index contributed by atoms with van der Waals surface area (Å²) < 4.78 is 17.0. The van der Waals surface area contributed by atoms with Crippen molar-refractivity contribution < 1.29 is 19.0 Å². The SMILES string of the molecule is COc1ccc(C(=O)N2CC[C@H](Oc3ccccc3)C2)cc1OCCCN. The normalized spacial score (nSPS) is 16.2. The summed E-state index contributed by atoms with van der Waals surface area (Å²) in [7, 11) is 1.58. The van der Waals surface area contributed by atoms with E-state index in [4.69, 9.17) is 19.9 Å². The number of methoxy groups -OCH3 is 1. The van der Waals surface area contributed by atoms with Gasteiger partial charge in [-0.25, -0.2) is 0 Å². The number of benzene rings is 2. The molecule has 1 saturated heterocycles. The highest BCUT2D eigenvalue weighted by Gasteiger charge is 2.28. The number of carbonyl (C=O) groups is 1. The summed E-state index contributed by atoms with van der Waals surface area (Å²) in [6, 6.07) is 15.0. The van der Waals surface area contributed by atoms with E-state index in [2.05, 4.69) is 0 Å². The maximum Gasteiger partial charge on any atom is 0.254 e. The average Bonchev–Trinajstić information content (AvgIpc) is 3.16. The Bertz CT molecular complexity index is 751. The maximum atomic E-state index is 12.9. The number of likely N-dealkylation sites (tertiary alicyclic amines) is 1. The summed E-state index contributed by atoms with van der Waals surface area (Å²) in [5.74, 6) is 1.97. The first kappa shape index (κ1) is 19.0. The molecule has 27 heavy (non-hydrogen) atoms. The molecule has 0 unspecified atom stereocenters. The molecule has 0 aliphatic carbocycles. The molecule has 2 aromatic carbocycles. The molecule has 2 N–H and O–H groups in total. The number of amides is 1. The molecule has 2 aromatic rings. The van der Waals surface area contributed by atoms with Gasteiger partial charge in [-0.3, -0.25) is 4.79 Å². The van der Waals surface area contributed by atoms with E-state index in [1.165, 1.54) is 0 Å². The minimum atomic E-state index is -0.0273. The number of carbonyl (C=O) groups excluding carboxylic acids is 1. The van der Waals surface area contributed by atoms with Gasteiger partial charge in [0.2, 0.25) is 0 Å². The van der Waals surface area contributed by atoms with Crippen LogP contribution in [0.4, 0.5) is 0 Å². The lowest BCUT2D eigenvalue weighted by Gasteiger charge is -2.18. The van der Waals surface area contributed by atoms with Crippen LogP contribution in [-0.4, -0.2) is 50.3 Å². The molecule has 1 aliphatic rings. The molecule has 0 spiro atoms. The van der Waals surface area contributed by atoms with E-state index < -0.39 is 0 Å². The molecule has 1 atom stereocenters. The molecule has 0 radical (unpaired) electrons. The number of hydrogen-bond acceptors (Lipinski definition) is 5. The lowest BCUT2D eigenvalue weighted by atomic mass is 10.1. The molecule has 6 nitrogen and oxygen atoms in total. The first-order valence-corrected chi connectivity index (χ1v) is 9.23. The highest BCUT2D eigenvalue weighted by molar-refractivity contribution is 5.95. The highest BCUT2D eigenvalue weighted by Crippen LogP contribution is 2.29. The van der Waals surface area contributed by atoms with Crippen LogP contribution in [-0.2, 0) is 0 Å². The van der Waals surface area contributed by atoms with Gasteiger partial charge in [-0.2, -0.15) is 0 Å². The molecule has 1 heterocycles. The van der Waals surface area contributed by atoms with Crippen LogP contribution in [0.15, 0.2) is 48.5 Å². The minimum absolute atomic E-state index is 0.00914. The first-order chi connectivity index (χ1) is 13.2. The Labute approximate surface area is 159 Å². The van der Waals surface area contributed by atoms with Crippen LogP contribution in [0.3, 0.4) is 0 Å². The number of nitrogens with two attached hydrogens (primary N) is 1. The van der Waals surface area contributed by atoms with Crippen LogP contribution in [0, 0.1) is 0 Å². The van der Waals surface area contributed by atoms with Gasteiger partial charge in [-0.15, -0.1) is 0 Å². The Morgan fingerprint density at radius 2 is 2.00 bits per heavy atom. The quantitative estimate of drug-likeness (QED) is 0.723. The third-order valence-corrected chi connectivity index (χ3v) is 4.49. The van der Waals surface area contributed by atoms with Gasteiger partial charge in [-0.05, 0) is 43.3 Å². The van der Waals surface area contributed by atoms with Crippen LogP contribution >= 0.6 is 0 Å². The van der Waals surface area contributed by atoms with E-state index >= 15 is 0 Å².